The van der Waals surface area contributed by atoms with Crippen molar-refractivity contribution in [1.29, 1.82) is 0 Å². The summed E-state index contributed by atoms with van der Waals surface area (Å²) in [6.07, 6.45) is 2.21. The van der Waals surface area contributed by atoms with Crippen LogP contribution < -0.4 is 5.32 Å². The fourth-order valence-corrected chi connectivity index (χ4v) is 4.70. The van der Waals surface area contributed by atoms with Crippen LogP contribution in [0.3, 0.4) is 0 Å². The second-order valence-corrected chi connectivity index (χ2v) is 8.20. The highest BCUT2D eigenvalue weighted by Gasteiger charge is 2.38. The summed E-state index contributed by atoms with van der Waals surface area (Å²) in [7, 11) is 0. The third-order valence-corrected chi connectivity index (χ3v) is 6.55. The smallest absolute Gasteiger partial charge is 0.157 e. The van der Waals surface area contributed by atoms with Crippen molar-refractivity contribution < 1.29 is 4.74 Å². The predicted octanol–water partition coefficient (Wildman–Crippen LogP) is 3.27. The average molecular weight is 310 g/mol. The van der Waals surface area contributed by atoms with Crippen LogP contribution in [0.25, 0.3) is 0 Å². The number of aliphatic imine (C=N–C) groups is 1. The number of amidine groups is 1. The SMILES string of the molecule is CC(C)(CN=C1NC2(CCOCC2)CS1)c1cccs1. The molecule has 110 valence electrons. The van der Waals surface area contributed by atoms with Crippen LogP contribution in [0.1, 0.15) is 31.6 Å². The Balaban J connectivity index is 1.63. The van der Waals surface area contributed by atoms with Gasteiger partial charge in [-0.05, 0) is 24.3 Å². The monoisotopic (exact) mass is 310 g/mol. The highest BCUT2D eigenvalue weighted by Crippen LogP contribution is 2.33. The van der Waals surface area contributed by atoms with Crippen LogP contribution in [-0.2, 0) is 10.2 Å². The summed E-state index contributed by atoms with van der Waals surface area (Å²) in [5.74, 6) is 1.13. The molecule has 3 nitrogen and oxygen atoms in total. The molecule has 1 N–H and O–H groups in total. The van der Waals surface area contributed by atoms with Crippen LogP contribution in [0.5, 0.6) is 0 Å². The summed E-state index contributed by atoms with van der Waals surface area (Å²) in [5.41, 5.74) is 0.365. The predicted molar refractivity (Wildman–Crippen MR) is 88.0 cm³/mol. The van der Waals surface area contributed by atoms with Gasteiger partial charge in [-0.2, -0.15) is 0 Å². The molecule has 1 aromatic heterocycles. The number of nitrogens with zero attached hydrogens (tertiary/aromatic N) is 1. The standard InChI is InChI=1S/C15H22N2OS2/c1-14(2,12-4-3-9-19-12)10-16-13-17-15(11-20-13)5-7-18-8-6-15/h3-4,9H,5-8,10-11H2,1-2H3,(H,16,17). The molecule has 2 saturated heterocycles. The Morgan fingerprint density at radius 1 is 1.40 bits per heavy atom. The topological polar surface area (TPSA) is 33.6 Å². The van der Waals surface area contributed by atoms with Crippen molar-refractivity contribution in [1.82, 2.24) is 5.32 Å². The molecule has 0 amide bonds. The Labute approximate surface area is 129 Å². The minimum Gasteiger partial charge on any atom is -0.381 e. The number of hydrogen-bond acceptors (Lipinski definition) is 4. The van der Waals surface area contributed by atoms with Crippen molar-refractivity contribution in [3.05, 3.63) is 22.4 Å². The summed E-state index contributed by atoms with van der Waals surface area (Å²) >= 11 is 3.69. The third-order valence-electron chi connectivity index (χ3n) is 4.11. The maximum Gasteiger partial charge on any atom is 0.157 e. The minimum absolute atomic E-state index is 0.120. The van der Waals surface area contributed by atoms with Gasteiger partial charge in [0.2, 0.25) is 0 Å². The van der Waals surface area contributed by atoms with Gasteiger partial charge in [0.15, 0.2) is 5.17 Å². The second-order valence-electron chi connectivity index (χ2n) is 6.29. The third kappa shape index (κ3) is 3.05. The molecule has 0 aliphatic carbocycles. The first kappa shape index (κ1) is 14.4. The van der Waals surface area contributed by atoms with Gasteiger partial charge in [0, 0.05) is 29.3 Å². The number of ether oxygens (including phenoxy) is 1. The van der Waals surface area contributed by atoms with Crippen LogP contribution >= 0.6 is 23.1 Å². The van der Waals surface area contributed by atoms with Crippen molar-refractivity contribution in [2.45, 2.75) is 37.6 Å². The molecule has 5 heteroatoms. The number of hydrogen-bond donors (Lipinski definition) is 1. The van der Waals surface area contributed by atoms with Crippen LogP contribution in [-0.4, -0.2) is 36.2 Å². The van der Waals surface area contributed by atoms with Crippen molar-refractivity contribution in [3.63, 3.8) is 0 Å². The van der Waals surface area contributed by atoms with Gasteiger partial charge in [-0.25, -0.2) is 0 Å². The molecular weight excluding hydrogens is 288 g/mol. The van der Waals surface area contributed by atoms with E-state index in [4.69, 9.17) is 9.73 Å². The molecule has 2 aliphatic heterocycles. The summed E-state index contributed by atoms with van der Waals surface area (Å²) in [6.45, 7) is 7.14. The summed E-state index contributed by atoms with van der Waals surface area (Å²) < 4.78 is 5.47. The van der Waals surface area contributed by atoms with E-state index in [1.165, 1.54) is 4.88 Å². The molecule has 0 unspecified atom stereocenters. The molecule has 0 bridgehead atoms. The van der Waals surface area contributed by atoms with Crippen molar-refractivity contribution >= 4 is 28.3 Å². The number of thioether (sulfide) groups is 1. The first-order chi connectivity index (χ1) is 9.60. The maximum absolute atomic E-state index is 5.47. The van der Waals surface area contributed by atoms with Gasteiger partial charge in [-0.15, -0.1) is 11.3 Å². The zero-order valence-corrected chi connectivity index (χ0v) is 13.8. The van der Waals surface area contributed by atoms with Crippen LogP contribution in [0.15, 0.2) is 22.5 Å². The lowest BCUT2D eigenvalue weighted by molar-refractivity contribution is 0.0555. The van der Waals surface area contributed by atoms with E-state index < -0.39 is 0 Å². The van der Waals surface area contributed by atoms with Gasteiger partial charge < -0.3 is 10.1 Å². The number of thiophene rings is 1. The molecule has 0 aromatic carbocycles. The molecule has 1 aromatic rings. The average Bonchev–Trinajstić information content (AvgIpc) is 3.08. The van der Waals surface area contributed by atoms with Gasteiger partial charge in [0.1, 0.15) is 0 Å². The van der Waals surface area contributed by atoms with Gasteiger partial charge in [0.25, 0.3) is 0 Å². The molecular formula is C15H22N2OS2. The van der Waals surface area contributed by atoms with Gasteiger partial charge in [0.05, 0.1) is 12.1 Å². The van der Waals surface area contributed by atoms with E-state index >= 15 is 0 Å². The minimum atomic E-state index is 0.120. The van der Waals surface area contributed by atoms with E-state index in [2.05, 4.69) is 36.7 Å². The molecule has 0 radical (unpaired) electrons. The molecule has 3 rings (SSSR count). The molecule has 0 atom stereocenters. The fourth-order valence-electron chi connectivity index (χ4n) is 2.63. The van der Waals surface area contributed by atoms with E-state index in [1.807, 2.05) is 23.1 Å². The van der Waals surface area contributed by atoms with Crippen molar-refractivity contribution in [2.24, 2.45) is 4.99 Å². The van der Waals surface area contributed by atoms with Crippen molar-refractivity contribution in [2.75, 3.05) is 25.5 Å². The quantitative estimate of drug-likeness (QED) is 0.930. The first-order valence-corrected chi connectivity index (χ1v) is 9.03. The van der Waals surface area contributed by atoms with Crippen LogP contribution in [0.4, 0.5) is 0 Å². The van der Waals surface area contributed by atoms with Crippen molar-refractivity contribution in [3.8, 4) is 0 Å². The van der Waals surface area contributed by atoms with E-state index in [0.29, 0.717) is 0 Å². The Kier molecular flexibility index (Phi) is 4.11. The highest BCUT2D eigenvalue weighted by molar-refractivity contribution is 8.14. The Hall–Kier alpha value is -0.520. The normalized spacial score (nSPS) is 24.2. The van der Waals surface area contributed by atoms with Crippen LogP contribution in [0, 0.1) is 0 Å². The Bertz CT molecular complexity index is 476. The van der Waals surface area contributed by atoms with Gasteiger partial charge in [-0.1, -0.05) is 31.7 Å². The lowest BCUT2D eigenvalue weighted by atomic mass is 9.92. The lowest BCUT2D eigenvalue weighted by Gasteiger charge is -2.32. The number of nitrogens with one attached hydrogen (secondary N) is 1. The first-order valence-electron chi connectivity index (χ1n) is 7.17. The zero-order valence-electron chi connectivity index (χ0n) is 12.1. The molecule has 20 heavy (non-hydrogen) atoms. The summed E-state index contributed by atoms with van der Waals surface area (Å²) in [5, 5.41) is 6.93. The molecule has 0 saturated carbocycles. The molecule has 2 fully saturated rings. The highest BCUT2D eigenvalue weighted by atomic mass is 32.2. The van der Waals surface area contributed by atoms with Gasteiger partial charge >= 0.3 is 0 Å². The van der Waals surface area contributed by atoms with E-state index in [9.17, 15) is 0 Å². The fraction of sp³-hybridized carbons (Fsp3) is 0.667. The Morgan fingerprint density at radius 3 is 2.90 bits per heavy atom. The second kappa shape index (κ2) is 5.70. The van der Waals surface area contributed by atoms with E-state index in [0.717, 1.165) is 43.5 Å². The van der Waals surface area contributed by atoms with E-state index in [1.54, 1.807) is 0 Å². The molecule has 1 spiro atoms. The van der Waals surface area contributed by atoms with Gasteiger partial charge in [-0.3, -0.25) is 4.99 Å². The number of rotatable bonds is 3. The molecule has 3 heterocycles. The molecule has 2 aliphatic rings. The summed E-state index contributed by atoms with van der Waals surface area (Å²) in [6, 6.07) is 4.33. The Morgan fingerprint density at radius 2 is 2.20 bits per heavy atom. The van der Waals surface area contributed by atoms with Crippen LogP contribution in [0.2, 0.25) is 0 Å². The zero-order chi connectivity index (χ0) is 14.1. The largest absolute Gasteiger partial charge is 0.381 e. The summed E-state index contributed by atoms with van der Waals surface area (Å²) in [4.78, 5) is 6.24. The lowest BCUT2D eigenvalue weighted by Crippen LogP contribution is -2.48. The maximum atomic E-state index is 5.47. The van der Waals surface area contributed by atoms with E-state index in [-0.39, 0.29) is 11.0 Å².